The van der Waals surface area contributed by atoms with Crippen LogP contribution in [0.25, 0.3) is 0 Å². The number of rotatable bonds is 8. The largest absolute Gasteiger partial charge is 0.352 e. The van der Waals surface area contributed by atoms with E-state index in [-0.39, 0.29) is 17.7 Å². The average Bonchev–Trinajstić information content (AvgIpc) is 3.41. The number of nitrogens with zero attached hydrogens (tertiary/aromatic N) is 1. The molecule has 2 heterocycles. The van der Waals surface area contributed by atoms with Gasteiger partial charge in [-0.2, -0.15) is 4.31 Å². The van der Waals surface area contributed by atoms with Crippen molar-refractivity contribution in [3.8, 4) is 0 Å². The van der Waals surface area contributed by atoms with Crippen molar-refractivity contribution in [1.82, 2.24) is 9.62 Å². The lowest BCUT2D eigenvalue weighted by molar-refractivity contribution is -0.120. The van der Waals surface area contributed by atoms with E-state index in [0.717, 1.165) is 5.56 Å². The number of amides is 2. The number of hydrogen-bond acceptors (Lipinski definition) is 5. The lowest BCUT2D eigenvalue weighted by Crippen LogP contribution is -2.41. The highest BCUT2D eigenvalue weighted by atomic mass is 32.2. The van der Waals surface area contributed by atoms with Gasteiger partial charge in [-0.15, -0.1) is 11.3 Å². The molecule has 34 heavy (non-hydrogen) atoms. The molecule has 1 fully saturated rings. The van der Waals surface area contributed by atoms with E-state index >= 15 is 0 Å². The van der Waals surface area contributed by atoms with E-state index in [1.807, 2.05) is 30.3 Å². The molecule has 9 heteroatoms. The summed E-state index contributed by atoms with van der Waals surface area (Å²) >= 11 is 1.19. The SMILES string of the molecule is O=C(NCCc1ccccc1)c1ccccc1NC(=O)C1CCN(S(=O)(=O)c2cccs2)CC1. The first-order valence-electron chi connectivity index (χ1n) is 11.2. The summed E-state index contributed by atoms with van der Waals surface area (Å²) in [6, 6.07) is 20.1. The van der Waals surface area contributed by atoms with E-state index in [2.05, 4.69) is 10.6 Å². The van der Waals surface area contributed by atoms with Crippen molar-refractivity contribution in [2.45, 2.75) is 23.5 Å². The molecule has 3 aromatic rings. The van der Waals surface area contributed by atoms with Gasteiger partial charge in [0.2, 0.25) is 5.91 Å². The fourth-order valence-electron chi connectivity index (χ4n) is 3.98. The van der Waals surface area contributed by atoms with Gasteiger partial charge in [-0.25, -0.2) is 8.42 Å². The highest BCUT2D eigenvalue weighted by Crippen LogP contribution is 2.27. The van der Waals surface area contributed by atoms with Gasteiger partial charge in [-0.05, 0) is 48.4 Å². The zero-order valence-electron chi connectivity index (χ0n) is 18.6. The first-order valence-corrected chi connectivity index (χ1v) is 13.5. The van der Waals surface area contributed by atoms with Crippen LogP contribution >= 0.6 is 11.3 Å². The number of para-hydroxylation sites is 1. The summed E-state index contributed by atoms with van der Waals surface area (Å²) in [7, 11) is -3.51. The van der Waals surface area contributed by atoms with Crippen LogP contribution in [-0.2, 0) is 21.2 Å². The molecule has 0 radical (unpaired) electrons. The predicted molar refractivity (Wildman–Crippen MR) is 133 cm³/mol. The molecular weight excluding hydrogens is 470 g/mol. The minimum absolute atomic E-state index is 0.197. The minimum atomic E-state index is -3.51. The second-order valence-corrected chi connectivity index (χ2v) is 11.2. The zero-order valence-corrected chi connectivity index (χ0v) is 20.3. The number of anilines is 1. The monoisotopic (exact) mass is 497 g/mol. The molecular formula is C25H27N3O4S2. The maximum atomic E-state index is 12.9. The summed E-state index contributed by atoms with van der Waals surface area (Å²) in [5, 5.41) is 7.54. The van der Waals surface area contributed by atoms with Gasteiger partial charge in [0.05, 0.1) is 11.3 Å². The zero-order chi connectivity index (χ0) is 24.0. The summed E-state index contributed by atoms with van der Waals surface area (Å²) in [5.41, 5.74) is 2.00. The van der Waals surface area contributed by atoms with Crippen LogP contribution in [-0.4, -0.2) is 44.2 Å². The molecule has 0 unspecified atom stereocenters. The molecule has 0 aliphatic carbocycles. The van der Waals surface area contributed by atoms with Crippen molar-refractivity contribution >= 4 is 38.9 Å². The summed E-state index contributed by atoms with van der Waals surface area (Å²) in [6.45, 7) is 1.07. The van der Waals surface area contributed by atoms with E-state index in [1.54, 1.807) is 41.8 Å². The van der Waals surface area contributed by atoms with Crippen LogP contribution < -0.4 is 10.6 Å². The fourth-order valence-corrected chi connectivity index (χ4v) is 6.60. The van der Waals surface area contributed by atoms with Gasteiger partial charge < -0.3 is 10.6 Å². The van der Waals surface area contributed by atoms with Gasteiger partial charge >= 0.3 is 0 Å². The molecule has 178 valence electrons. The summed E-state index contributed by atoms with van der Waals surface area (Å²) in [5.74, 6) is -0.759. The molecule has 0 spiro atoms. The number of carbonyl (C=O) groups excluding carboxylic acids is 2. The highest BCUT2D eigenvalue weighted by molar-refractivity contribution is 7.91. The van der Waals surface area contributed by atoms with Gasteiger partial charge in [0.25, 0.3) is 15.9 Å². The molecule has 0 atom stereocenters. The molecule has 7 nitrogen and oxygen atoms in total. The Labute approximate surface area is 203 Å². The topological polar surface area (TPSA) is 95.6 Å². The maximum Gasteiger partial charge on any atom is 0.253 e. The van der Waals surface area contributed by atoms with Crippen LogP contribution in [0.4, 0.5) is 5.69 Å². The molecule has 0 bridgehead atoms. The summed E-state index contributed by atoms with van der Waals surface area (Å²) in [4.78, 5) is 25.7. The van der Waals surface area contributed by atoms with E-state index in [9.17, 15) is 18.0 Å². The molecule has 1 aliphatic heterocycles. The van der Waals surface area contributed by atoms with E-state index < -0.39 is 10.0 Å². The Balaban J connectivity index is 1.32. The summed E-state index contributed by atoms with van der Waals surface area (Å²) in [6.07, 6.45) is 1.58. The Morgan fingerprint density at radius 3 is 2.35 bits per heavy atom. The lowest BCUT2D eigenvalue weighted by atomic mass is 9.97. The molecule has 1 aromatic heterocycles. The fraction of sp³-hybridized carbons (Fsp3) is 0.280. The Hall–Kier alpha value is -3.01. The van der Waals surface area contributed by atoms with Crippen molar-refractivity contribution in [3.63, 3.8) is 0 Å². The Bertz CT molecular complexity index is 1220. The lowest BCUT2D eigenvalue weighted by Gasteiger charge is -2.30. The van der Waals surface area contributed by atoms with Crippen molar-refractivity contribution in [3.05, 3.63) is 83.2 Å². The van der Waals surface area contributed by atoms with Crippen molar-refractivity contribution < 1.29 is 18.0 Å². The van der Waals surface area contributed by atoms with Gasteiger partial charge in [-0.3, -0.25) is 9.59 Å². The smallest absolute Gasteiger partial charge is 0.253 e. The Morgan fingerprint density at radius 1 is 0.941 bits per heavy atom. The molecule has 1 saturated heterocycles. The van der Waals surface area contributed by atoms with E-state index in [0.29, 0.717) is 54.4 Å². The van der Waals surface area contributed by atoms with Crippen LogP contribution in [0.1, 0.15) is 28.8 Å². The van der Waals surface area contributed by atoms with Gasteiger partial charge in [0.15, 0.2) is 0 Å². The predicted octanol–water partition coefficient (Wildman–Crippen LogP) is 3.76. The Morgan fingerprint density at radius 2 is 1.65 bits per heavy atom. The number of carbonyl (C=O) groups is 2. The van der Waals surface area contributed by atoms with Crippen LogP contribution in [0.2, 0.25) is 0 Å². The number of hydrogen-bond donors (Lipinski definition) is 2. The van der Waals surface area contributed by atoms with Crippen LogP contribution in [0, 0.1) is 5.92 Å². The number of piperidine rings is 1. The minimum Gasteiger partial charge on any atom is -0.352 e. The van der Waals surface area contributed by atoms with Crippen LogP contribution in [0.5, 0.6) is 0 Å². The quantitative estimate of drug-likeness (QED) is 0.495. The third-order valence-electron chi connectivity index (χ3n) is 5.89. The Kier molecular flexibility index (Phi) is 7.77. The third kappa shape index (κ3) is 5.72. The van der Waals surface area contributed by atoms with Gasteiger partial charge in [-0.1, -0.05) is 48.5 Å². The van der Waals surface area contributed by atoms with E-state index in [1.165, 1.54) is 15.6 Å². The molecule has 0 saturated carbocycles. The maximum absolute atomic E-state index is 12.9. The van der Waals surface area contributed by atoms with Gasteiger partial charge in [0.1, 0.15) is 4.21 Å². The first-order chi connectivity index (χ1) is 16.4. The third-order valence-corrected chi connectivity index (χ3v) is 9.16. The van der Waals surface area contributed by atoms with Gasteiger partial charge in [0, 0.05) is 25.6 Å². The number of sulfonamides is 1. The molecule has 2 amide bonds. The molecule has 1 aliphatic rings. The second kappa shape index (κ2) is 10.9. The van der Waals surface area contributed by atoms with E-state index in [4.69, 9.17) is 0 Å². The van der Waals surface area contributed by atoms with Crippen molar-refractivity contribution in [2.75, 3.05) is 25.0 Å². The number of nitrogens with one attached hydrogen (secondary N) is 2. The van der Waals surface area contributed by atoms with Crippen LogP contribution in [0.3, 0.4) is 0 Å². The average molecular weight is 498 g/mol. The molecule has 2 aromatic carbocycles. The summed E-state index contributed by atoms with van der Waals surface area (Å²) < 4.78 is 27.2. The molecule has 2 N–H and O–H groups in total. The second-order valence-electron chi connectivity index (χ2n) is 8.14. The highest BCUT2D eigenvalue weighted by Gasteiger charge is 2.32. The normalized spacial score (nSPS) is 15.1. The first kappa shape index (κ1) is 24.1. The molecule has 4 rings (SSSR count). The number of thiophene rings is 1. The standard InChI is InChI=1S/C25H27N3O4S2/c29-24(20-13-16-28(17-14-20)34(31,32)23-11-6-18-33-23)27-22-10-5-4-9-21(22)25(30)26-15-12-19-7-2-1-3-8-19/h1-11,18,20H,12-17H2,(H,26,30)(H,27,29). The van der Waals surface area contributed by atoms with Crippen molar-refractivity contribution in [1.29, 1.82) is 0 Å². The van der Waals surface area contributed by atoms with Crippen LogP contribution in [0.15, 0.2) is 76.3 Å². The number of benzene rings is 2. The van der Waals surface area contributed by atoms with Crippen molar-refractivity contribution in [2.24, 2.45) is 5.92 Å².